The summed E-state index contributed by atoms with van der Waals surface area (Å²) in [6.07, 6.45) is -1.57. The summed E-state index contributed by atoms with van der Waals surface area (Å²) >= 11 is 0. The molecule has 2 nitrogen and oxygen atoms in total. The number of halogens is 4. The summed E-state index contributed by atoms with van der Waals surface area (Å²) in [6.45, 7) is 6.54. The smallest absolute Gasteiger partial charge is 0.314 e. The maximum Gasteiger partial charge on any atom is 0.416 e. The van der Waals surface area contributed by atoms with Crippen LogP contribution in [0.15, 0.2) is 30.9 Å². The zero-order chi connectivity index (χ0) is 16.2. The second kappa shape index (κ2) is 7.24. The lowest BCUT2D eigenvalue weighted by Crippen LogP contribution is -2.45. The van der Waals surface area contributed by atoms with Crippen LogP contribution in [0.3, 0.4) is 0 Å². The molecule has 0 unspecified atom stereocenters. The number of hydrogen-bond acceptors (Lipinski definition) is 2. The van der Waals surface area contributed by atoms with Crippen LogP contribution in [-0.2, 0) is 6.18 Å². The highest BCUT2D eigenvalue weighted by molar-refractivity contribution is 5.30. The van der Waals surface area contributed by atoms with E-state index in [1.165, 1.54) is 0 Å². The summed E-state index contributed by atoms with van der Waals surface area (Å²) in [5.74, 6) is -0.583. The van der Waals surface area contributed by atoms with Crippen molar-refractivity contribution in [1.29, 1.82) is 0 Å². The lowest BCUT2D eigenvalue weighted by molar-refractivity contribution is -0.137. The first-order valence-electron chi connectivity index (χ1n) is 7.36. The third kappa shape index (κ3) is 4.08. The first-order valence-corrected chi connectivity index (χ1v) is 7.36. The highest BCUT2D eigenvalue weighted by Crippen LogP contribution is 2.35. The van der Waals surface area contributed by atoms with Gasteiger partial charge < -0.3 is 5.32 Å². The summed E-state index contributed by atoms with van der Waals surface area (Å²) in [7, 11) is 0. The molecule has 0 bridgehead atoms. The molecule has 2 rings (SSSR count). The number of piperazine rings is 1. The normalized spacial score (nSPS) is 18.2. The van der Waals surface area contributed by atoms with Gasteiger partial charge in [0.2, 0.25) is 0 Å². The number of nitrogens with one attached hydrogen (secondary N) is 1. The van der Waals surface area contributed by atoms with Gasteiger partial charge in [0.1, 0.15) is 5.82 Å². The van der Waals surface area contributed by atoms with Gasteiger partial charge >= 0.3 is 6.18 Å². The van der Waals surface area contributed by atoms with Gasteiger partial charge in [-0.05, 0) is 31.0 Å². The average molecular weight is 316 g/mol. The van der Waals surface area contributed by atoms with Crippen LogP contribution in [0.4, 0.5) is 17.6 Å². The van der Waals surface area contributed by atoms with E-state index in [1.807, 2.05) is 4.90 Å². The average Bonchev–Trinajstić information content (AvgIpc) is 2.49. The summed E-state index contributed by atoms with van der Waals surface area (Å²) in [4.78, 5) is 2.04. The van der Waals surface area contributed by atoms with Crippen LogP contribution in [0.1, 0.15) is 30.0 Å². The van der Waals surface area contributed by atoms with Crippen molar-refractivity contribution in [3.8, 4) is 0 Å². The van der Waals surface area contributed by atoms with E-state index in [1.54, 1.807) is 6.08 Å². The van der Waals surface area contributed by atoms with Crippen LogP contribution < -0.4 is 5.32 Å². The van der Waals surface area contributed by atoms with Gasteiger partial charge in [0.05, 0.1) is 5.56 Å². The number of alkyl halides is 3. The van der Waals surface area contributed by atoms with E-state index < -0.39 is 17.6 Å². The fourth-order valence-electron chi connectivity index (χ4n) is 2.78. The minimum atomic E-state index is -4.46. The molecular formula is C16H20F4N2. The van der Waals surface area contributed by atoms with E-state index >= 15 is 0 Å². The number of rotatable bonds is 5. The van der Waals surface area contributed by atoms with Crippen molar-refractivity contribution in [3.63, 3.8) is 0 Å². The molecule has 1 atom stereocenters. The van der Waals surface area contributed by atoms with E-state index in [-0.39, 0.29) is 11.6 Å². The molecule has 6 heteroatoms. The lowest BCUT2D eigenvalue weighted by Gasteiger charge is -2.35. The van der Waals surface area contributed by atoms with Crippen molar-refractivity contribution in [3.05, 3.63) is 47.8 Å². The van der Waals surface area contributed by atoms with Crippen LogP contribution in [0.5, 0.6) is 0 Å². The van der Waals surface area contributed by atoms with Crippen molar-refractivity contribution in [1.82, 2.24) is 10.2 Å². The van der Waals surface area contributed by atoms with Crippen molar-refractivity contribution in [2.75, 3.05) is 26.2 Å². The van der Waals surface area contributed by atoms with Crippen LogP contribution in [0, 0.1) is 5.82 Å². The topological polar surface area (TPSA) is 15.3 Å². The molecule has 0 aromatic heterocycles. The predicted molar refractivity (Wildman–Crippen MR) is 78.0 cm³/mol. The molecule has 0 radical (unpaired) electrons. The Hall–Kier alpha value is -1.40. The second-order valence-electron chi connectivity index (χ2n) is 5.40. The Morgan fingerprint density at radius 1 is 1.27 bits per heavy atom. The molecule has 22 heavy (non-hydrogen) atoms. The molecule has 122 valence electrons. The molecule has 1 aromatic rings. The highest BCUT2D eigenvalue weighted by atomic mass is 19.4. The Labute approximate surface area is 127 Å². The van der Waals surface area contributed by atoms with Crippen LogP contribution in [0.25, 0.3) is 0 Å². The van der Waals surface area contributed by atoms with Gasteiger partial charge in [-0.2, -0.15) is 13.2 Å². The fourth-order valence-corrected chi connectivity index (χ4v) is 2.78. The molecule has 1 aliphatic rings. The van der Waals surface area contributed by atoms with Crippen LogP contribution in [-0.4, -0.2) is 31.1 Å². The minimum Gasteiger partial charge on any atom is -0.314 e. The predicted octanol–water partition coefficient (Wildman–Crippen LogP) is 3.76. The standard InChI is InChI=1S/C16H20F4N2/c1-2-3-4-15(22-9-7-21-8-10-22)13-11-12(16(18,19)20)5-6-14(13)17/h2,5-6,11,15,21H,1,3-4,7-10H2/t15-/m1/s1. The summed E-state index contributed by atoms with van der Waals surface area (Å²) in [5.41, 5.74) is -0.679. The third-order valence-corrected chi connectivity index (χ3v) is 3.92. The van der Waals surface area contributed by atoms with Gasteiger partial charge in [-0.15, -0.1) is 6.58 Å². The lowest BCUT2D eigenvalue weighted by atomic mass is 9.97. The van der Waals surface area contributed by atoms with Gasteiger partial charge in [-0.25, -0.2) is 4.39 Å². The molecule has 1 aromatic carbocycles. The minimum absolute atomic E-state index is 0.124. The number of hydrogen-bond donors (Lipinski definition) is 1. The monoisotopic (exact) mass is 316 g/mol. The maximum absolute atomic E-state index is 14.2. The molecule has 1 heterocycles. The first-order chi connectivity index (χ1) is 10.4. The van der Waals surface area contributed by atoms with Gasteiger partial charge in [0.15, 0.2) is 0 Å². The van der Waals surface area contributed by atoms with Gasteiger partial charge in [-0.3, -0.25) is 4.90 Å². The van der Waals surface area contributed by atoms with E-state index in [0.717, 1.165) is 31.3 Å². The third-order valence-electron chi connectivity index (χ3n) is 3.92. The maximum atomic E-state index is 14.2. The Kier molecular flexibility index (Phi) is 5.58. The number of allylic oxidation sites excluding steroid dienone is 1. The molecule has 1 N–H and O–H groups in total. The molecule has 0 saturated carbocycles. The fraction of sp³-hybridized carbons (Fsp3) is 0.500. The van der Waals surface area contributed by atoms with Crippen molar-refractivity contribution in [2.24, 2.45) is 0 Å². The van der Waals surface area contributed by atoms with Crippen molar-refractivity contribution < 1.29 is 17.6 Å². The number of nitrogens with zero attached hydrogens (tertiary/aromatic N) is 1. The largest absolute Gasteiger partial charge is 0.416 e. The van der Waals surface area contributed by atoms with Crippen molar-refractivity contribution in [2.45, 2.75) is 25.1 Å². The molecule has 1 fully saturated rings. The first kappa shape index (κ1) is 17.0. The van der Waals surface area contributed by atoms with E-state index in [4.69, 9.17) is 0 Å². The Morgan fingerprint density at radius 2 is 1.95 bits per heavy atom. The van der Waals surface area contributed by atoms with E-state index in [2.05, 4.69) is 11.9 Å². The Balaban J connectivity index is 2.34. The molecule has 0 spiro atoms. The van der Waals surface area contributed by atoms with E-state index in [0.29, 0.717) is 25.9 Å². The van der Waals surface area contributed by atoms with Crippen LogP contribution >= 0.6 is 0 Å². The summed E-state index contributed by atoms with van der Waals surface area (Å²) < 4.78 is 52.8. The Morgan fingerprint density at radius 3 is 2.55 bits per heavy atom. The zero-order valence-corrected chi connectivity index (χ0v) is 12.3. The SMILES string of the molecule is C=CCC[C@H](c1cc(C(F)(F)F)ccc1F)N1CCNCC1. The molecule has 0 aliphatic carbocycles. The summed E-state index contributed by atoms with van der Waals surface area (Å²) in [6, 6.07) is 2.30. The molecule has 1 saturated heterocycles. The van der Waals surface area contributed by atoms with Gasteiger partial charge in [-0.1, -0.05) is 6.08 Å². The van der Waals surface area contributed by atoms with Crippen LogP contribution in [0.2, 0.25) is 0 Å². The molecule has 1 aliphatic heterocycles. The highest BCUT2D eigenvalue weighted by Gasteiger charge is 2.33. The zero-order valence-electron chi connectivity index (χ0n) is 12.3. The van der Waals surface area contributed by atoms with E-state index in [9.17, 15) is 17.6 Å². The molecular weight excluding hydrogens is 296 g/mol. The second-order valence-corrected chi connectivity index (χ2v) is 5.40. The van der Waals surface area contributed by atoms with Gasteiger partial charge in [0, 0.05) is 37.8 Å². The summed E-state index contributed by atoms with van der Waals surface area (Å²) in [5, 5.41) is 3.19. The van der Waals surface area contributed by atoms with Crippen molar-refractivity contribution >= 4 is 0 Å². The van der Waals surface area contributed by atoms with Gasteiger partial charge in [0.25, 0.3) is 0 Å². The molecule has 0 amide bonds. The Bertz CT molecular complexity index is 507. The quantitative estimate of drug-likeness (QED) is 0.657. The number of benzene rings is 1.